The molecule has 3 nitrogen and oxygen atoms in total. The van der Waals surface area contributed by atoms with Crippen LogP contribution in [-0.2, 0) is 0 Å². The van der Waals surface area contributed by atoms with Gasteiger partial charge in [-0.15, -0.1) is 0 Å². The number of benzene rings is 1. The summed E-state index contributed by atoms with van der Waals surface area (Å²) >= 11 is 9.29. The van der Waals surface area contributed by atoms with Crippen LogP contribution in [0, 0.1) is 0 Å². The molecule has 2 heterocycles. The molecule has 0 fully saturated rings. The molecule has 1 aromatic carbocycles. The summed E-state index contributed by atoms with van der Waals surface area (Å²) in [5.74, 6) is 0. The van der Waals surface area contributed by atoms with E-state index in [1.165, 1.54) is 0 Å². The lowest BCUT2D eigenvalue weighted by Crippen LogP contribution is -1.87. The first-order valence-electron chi connectivity index (χ1n) is 4.82. The highest BCUT2D eigenvalue weighted by molar-refractivity contribution is 9.10. The molecule has 0 bridgehead atoms. The minimum atomic E-state index is 0.224. The van der Waals surface area contributed by atoms with Crippen LogP contribution in [0.1, 0.15) is 10.5 Å². The summed E-state index contributed by atoms with van der Waals surface area (Å²) < 4.78 is 6.53. The Hall–Kier alpha value is -1.39. The standard InChI is InChI=1S/C12H5BrClNO2/c13-6-1-2-10-7(3-6)12-11(17-10)4-8(14)9(5-16)15-12/h1-5H. The van der Waals surface area contributed by atoms with E-state index >= 15 is 0 Å². The Morgan fingerprint density at radius 2 is 2.12 bits per heavy atom. The van der Waals surface area contributed by atoms with Crippen molar-refractivity contribution < 1.29 is 9.21 Å². The van der Waals surface area contributed by atoms with Crippen LogP contribution in [0.25, 0.3) is 22.1 Å². The molecule has 17 heavy (non-hydrogen) atoms. The summed E-state index contributed by atoms with van der Waals surface area (Å²) in [6.07, 6.45) is 0.637. The van der Waals surface area contributed by atoms with E-state index in [0.717, 1.165) is 15.4 Å². The highest BCUT2D eigenvalue weighted by Gasteiger charge is 2.12. The fraction of sp³-hybridized carbons (Fsp3) is 0. The summed E-state index contributed by atoms with van der Waals surface area (Å²) in [5.41, 5.74) is 2.16. The molecule has 0 unspecified atom stereocenters. The number of nitrogens with zero attached hydrogens (tertiary/aromatic N) is 1. The number of hydrogen-bond acceptors (Lipinski definition) is 3. The average Bonchev–Trinajstić information content (AvgIpc) is 2.65. The third-order valence-electron chi connectivity index (χ3n) is 2.50. The van der Waals surface area contributed by atoms with Crippen molar-refractivity contribution in [3.8, 4) is 0 Å². The fourth-order valence-electron chi connectivity index (χ4n) is 1.73. The molecule has 0 N–H and O–H groups in total. The molecule has 5 heteroatoms. The maximum absolute atomic E-state index is 10.8. The van der Waals surface area contributed by atoms with Gasteiger partial charge in [0.05, 0.1) is 5.02 Å². The molecule has 0 aliphatic carbocycles. The Morgan fingerprint density at radius 1 is 1.29 bits per heavy atom. The summed E-state index contributed by atoms with van der Waals surface area (Å²) in [7, 11) is 0. The zero-order valence-corrected chi connectivity index (χ0v) is 10.7. The molecule has 0 radical (unpaired) electrons. The predicted octanol–water partition coefficient (Wildman–Crippen LogP) is 4.21. The lowest BCUT2D eigenvalue weighted by Gasteiger charge is -1.94. The van der Waals surface area contributed by atoms with E-state index in [9.17, 15) is 4.79 Å². The molecule has 2 aromatic heterocycles. The van der Waals surface area contributed by atoms with Crippen molar-refractivity contribution in [2.24, 2.45) is 0 Å². The number of fused-ring (bicyclic) bond motifs is 3. The molecule has 84 valence electrons. The van der Waals surface area contributed by atoms with Crippen LogP contribution in [0.5, 0.6) is 0 Å². The third kappa shape index (κ3) is 1.64. The molecule has 0 saturated heterocycles. The second kappa shape index (κ2) is 3.82. The van der Waals surface area contributed by atoms with E-state index in [1.807, 2.05) is 18.2 Å². The predicted molar refractivity (Wildman–Crippen MR) is 69.6 cm³/mol. The number of carbonyl (C=O) groups is 1. The largest absolute Gasteiger partial charge is 0.454 e. The van der Waals surface area contributed by atoms with Gasteiger partial charge in [0.2, 0.25) is 0 Å². The first kappa shape index (κ1) is 10.7. The molecule has 0 amide bonds. The first-order chi connectivity index (χ1) is 8.19. The minimum absolute atomic E-state index is 0.224. The van der Waals surface area contributed by atoms with Crippen LogP contribution in [0.2, 0.25) is 5.02 Å². The molecule has 0 aliphatic heterocycles. The molecule has 0 spiro atoms. The smallest absolute Gasteiger partial charge is 0.169 e. The summed E-state index contributed by atoms with van der Waals surface area (Å²) in [6.45, 7) is 0. The van der Waals surface area contributed by atoms with Gasteiger partial charge in [-0.05, 0) is 18.2 Å². The highest BCUT2D eigenvalue weighted by Crippen LogP contribution is 2.31. The van der Waals surface area contributed by atoms with Gasteiger partial charge < -0.3 is 4.42 Å². The average molecular weight is 311 g/mol. The Balaban J connectivity index is 2.50. The molecular weight excluding hydrogens is 305 g/mol. The van der Waals surface area contributed by atoms with Crippen LogP contribution in [0.4, 0.5) is 0 Å². The zero-order valence-electron chi connectivity index (χ0n) is 8.41. The van der Waals surface area contributed by atoms with Crippen LogP contribution >= 0.6 is 27.5 Å². The lowest BCUT2D eigenvalue weighted by atomic mass is 10.2. The summed E-state index contributed by atoms with van der Waals surface area (Å²) in [5, 5.41) is 1.15. The van der Waals surface area contributed by atoms with Crippen LogP contribution in [-0.4, -0.2) is 11.3 Å². The molecule has 0 saturated carbocycles. The maximum atomic E-state index is 10.8. The van der Waals surface area contributed by atoms with Crippen molar-refractivity contribution in [3.05, 3.63) is 39.5 Å². The number of furan rings is 1. The van der Waals surface area contributed by atoms with Crippen molar-refractivity contribution >= 4 is 55.9 Å². The fourth-order valence-corrected chi connectivity index (χ4v) is 2.28. The lowest BCUT2D eigenvalue weighted by molar-refractivity contribution is 0.111. The number of halogens is 2. The second-order valence-corrected chi connectivity index (χ2v) is 4.89. The number of rotatable bonds is 1. The van der Waals surface area contributed by atoms with Gasteiger partial charge in [-0.3, -0.25) is 4.79 Å². The van der Waals surface area contributed by atoms with E-state index in [1.54, 1.807) is 6.07 Å². The van der Waals surface area contributed by atoms with E-state index in [0.29, 0.717) is 22.4 Å². The Bertz CT molecular complexity index is 751. The molecule has 0 aliphatic rings. The Labute approximate surface area is 110 Å². The number of pyridine rings is 1. The van der Waals surface area contributed by atoms with Crippen molar-refractivity contribution in [2.45, 2.75) is 0 Å². The van der Waals surface area contributed by atoms with Crippen molar-refractivity contribution in [1.29, 1.82) is 0 Å². The highest BCUT2D eigenvalue weighted by atomic mass is 79.9. The SMILES string of the molecule is O=Cc1nc2c(cc1Cl)oc1ccc(Br)cc12. The summed E-state index contributed by atoms with van der Waals surface area (Å²) in [4.78, 5) is 15.0. The second-order valence-electron chi connectivity index (χ2n) is 3.56. The molecule has 0 atom stereocenters. The van der Waals surface area contributed by atoms with E-state index in [4.69, 9.17) is 16.0 Å². The number of aromatic nitrogens is 1. The topological polar surface area (TPSA) is 43.1 Å². The van der Waals surface area contributed by atoms with Gasteiger partial charge in [0, 0.05) is 15.9 Å². The number of carbonyl (C=O) groups excluding carboxylic acids is 1. The molecular formula is C12H5BrClNO2. The number of hydrogen-bond donors (Lipinski definition) is 0. The maximum Gasteiger partial charge on any atom is 0.169 e. The van der Waals surface area contributed by atoms with Crippen molar-refractivity contribution in [2.75, 3.05) is 0 Å². The van der Waals surface area contributed by atoms with Gasteiger partial charge in [0.15, 0.2) is 11.9 Å². The quantitative estimate of drug-likeness (QED) is 0.632. The minimum Gasteiger partial charge on any atom is -0.454 e. The van der Waals surface area contributed by atoms with E-state index in [2.05, 4.69) is 20.9 Å². The van der Waals surface area contributed by atoms with Gasteiger partial charge in [-0.2, -0.15) is 0 Å². The van der Waals surface area contributed by atoms with Crippen LogP contribution in [0.3, 0.4) is 0 Å². The number of aldehydes is 1. The van der Waals surface area contributed by atoms with Gasteiger partial charge in [-0.1, -0.05) is 27.5 Å². The van der Waals surface area contributed by atoms with Gasteiger partial charge in [0.1, 0.15) is 16.8 Å². The van der Waals surface area contributed by atoms with Gasteiger partial charge in [0.25, 0.3) is 0 Å². The normalized spacial score (nSPS) is 11.2. The first-order valence-corrected chi connectivity index (χ1v) is 5.99. The zero-order chi connectivity index (χ0) is 12.0. The Morgan fingerprint density at radius 3 is 2.88 bits per heavy atom. The van der Waals surface area contributed by atoms with Gasteiger partial charge >= 0.3 is 0 Å². The summed E-state index contributed by atoms with van der Waals surface area (Å²) in [6, 6.07) is 7.24. The van der Waals surface area contributed by atoms with Gasteiger partial charge in [-0.25, -0.2) is 4.98 Å². The Kier molecular flexibility index (Phi) is 2.42. The van der Waals surface area contributed by atoms with Crippen molar-refractivity contribution in [1.82, 2.24) is 4.98 Å². The molecule has 3 rings (SSSR count). The third-order valence-corrected chi connectivity index (χ3v) is 3.29. The van der Waals surface area contributed by atoms with Crippen molar-refractivity contribution in [3.63, 3.8) is 0 Å². The monoisotopic (exact) mass is 309 g/mol. The molecule has 3 aromatic rings. The van der Waals surface area contributed by atoms with Crippen LogP contribution < -0.4 is 0 Å². The van der Waals surface area contributed by atoms with E-state index < -0.39 is 0 Å². The van der Waals surface area contributed by atoms with Crippen LogP contribution in [0.15, 0.2) is 33.2 Å². The van der Waals surface area contributed by atoms with E-state index in [-0.39, 0.29) is 5.69 Å².